The molecule has 1 unspecified atom stereocenters. The Bertz CT molecular complexity index is 832. The highest BCUT2D eigenvalue weighted by atomic mass is 15.1. The van der Waals surface area contributed by atoms with Crippen molar-refractivity contribution < 1.29 is 0 Å². The summed E-state index contributed by atoms with van der Waals surface area (Å²) in [6, 6.07) is 9.04. The van der Waals surface area contributed by atoms with Gasteiger partial charge in [-0.25, -0.2) is 4.98 Å². The van der Waals surface area contributed by atoms with Crippen LogP contribution in [0.2, 0.25) is 0 Å². The Morgan fingerprint density at radius 3 is 2.48 bits per heavy atom. The third-order valence-electron chi connectivity index (χ3n) is 5.90. The van der Waals surface area contributed by atoms with E-state index in [1.807, 2.05) is 12.3 Å². The minimum atomic E-state index is -0.0896. The number of hydrogen-bond acceptors (Lipinski definition) is 1. The monoisotopic (exact) mass is 390 g/mol. The molecule has 29 heavy (non-hydrogen) atoms. The Morgan fingerprint density at radius 1 is 1.21 bits per heavy atom. The summed E-state index contributed by atoms with van der Waals surface area (Å²) in [5, 5.41) is 0. The lowest BCUT2D eigenvalue weighted by atomic mass is 9.71. The van der Waals surface area contributed by atoms with Gasteiger partial charge in [0.25, 0.3) is 0 Å². The first-order valence-electron chi connectivity index (χ1n) is 11.1. The zero-order chi connectivity index (χ0) is 21.3. The van der Waals surface area contributed by atoms with E-state index >= 15 is 0 Å². The van der Waals surface area contributed by atoms with Gasteiger partial charge in [0.05, 0.1) is 5.41 Å². The summed E-state index contributed by atoms with van der Waals surface area (Å²) < 4.78 is 2.41. The van der Waals surface area contributed by atoms with Crippen molar-refractivity contribution in [3.8, 4) is 0 Å². The maximum absolute atomic E-state index is 4.95. The first kappa shape index (κ1) is 22.9. The number of imidazole rings is 1. The van der Waals surface area contributed by atoms with Gasteiger partial charge in [0, 0.05) is 18.4 Å². The van der Waals surface area contributed by atoms with Crippen molar-refractivity contribution in [3.63, 3.8) is 0 Å². The zero-order valence-corrected chi connectivity index (χ0v) is 19.0. The summed E-state index contributed by atoms with van der Waals surface area (Å²) in [6.45, 7) is 15.1. The third-order valence-corrected chi connectivity index (χ3v) is 5.90. The van der Waals surface area contributed by atoms with E-state index in [1.54, 1.807) is 0 Å². The van der Waals surface area contributed by atoms with Gasteiger partial charge in [-0.1, -0.05) is 81.8 Å². The fourth-order valence-corrected chi connectivity index (χ4v) is 4.60. The Labute approximate surface area is 178 Å². The molecule has 0 spiro atoms. The Kier molecular flexibility index (Phi) is 8.70. The van der Waals surface area contributed by atoms with Crippen LogP contribution in [0.15, 0.2) is 73.1 Å². The smallest absolute Gasteiger partial charge is 0.119 e. The molecule has 2 rings (SSSR count). The van der Waals surface area contributed by atoms with E-state index in [4.69, 9.17) is 4.98 Å². The summed E-state index contributed by atoms with van der Waals surface area (Å²) >= 11 is 0. The summed E-state index contributed by atoms with van der Waals surface area (Å²) in [6.07, 6.45) is 18.0. The van der Waals surface area contributed by atoms with Gasteiger partial charge in [-0.3, -0.25) is 0 Å². The molecule has 1 aromatic heterocycles. The molecule has 0 saturated carbocycles. The molecule has 2 heteroatoms. The van der Waals surface area contributed by atoms with Crippen molar-refractivity contribution >= 4 is 0 Å². The minimum Gasteiger partial charge on any atom is -0.331 e. The normalized spacial score (nSPS) is 13.8. The van der Waals surface area contributed by atoms with E-state index in [9.17, 15) is 0 Å². The van der Waals surface area contributed by atoms with Gasteiger partial charge < -0.3 is 4.57 Å². The second-order valence-corrected chi connectivity index (χ2v) is 8.08. The van der Waals surface area contributed by atoms with E-state index < -0.39 is 0 Å². The van der Waals surface area contributed by atoms with Crippen LogP contribution in [0.1, 0.15) is 76.4 Å². The van der Waals surface area contributed by atoms with Crippen LogP contribution in [0.25, 0.3) is 0 Å². The zero-order valence-electron chi connectivity index (χ0n) is 19.0. The van der Waals surface area contributed by atoms with E-state index in [0.717, 1.165) is 32.1 Å². The van der Waals surface area contributed by atoms with Gasteiger partial charge in [0.2, 0.25) is 0 Å². The van der Waals surface area contributed by atoms with E-state index in [0.29, 0.717) is 6.04 Å². The van der Waals surface area contributed by atoms with Crippen LogP contribution in [-0.2, 0) is 11.8 Å². The molecule has 0 saturated heterocycles. The summed E-state index contributed by atoms with van der Waals surface area (Å²) in [4.78, 5) is 4.95. The van der Waals surface area contributed by atoms with E-state index in [1.165, 1.54) is 22.5 Å². The molecular weight excluding hydrogens is 352 g/mol. The Hall–Kier alpha value is -2.35. The van der Waals surface area contributed by atoms with Crippen LogP contribution in [0, 0.1) is 6.92 Å². The molecule has 1 aromatic carbocycles. The number of benzene rings is 1. The molecular formula is C27H38N2. The maximum atomic E-state index is 4.95. The van der Waals surface area contributed by atoms with Crippen molar-refractivity contribution in [2.24, 2.45) is 0 Å². The Morgan fingerprint density at radius 2 is 1.90 bits per heavy atom. The first-order valence-corrected chi connectivity index (χ1v) is 11.1. The van der Waals surface area contributed by atoms with Crippen LogP contribution in [0.3, 0.4) is 0 Å². The number of aromatic nitrogens is 2. The van der Waals surface area contributed by atoms with Crippen molar-refractivity contribution in [1.82, 2.24) is 9.55 Å². The molecule has 0 fully saturated rings. The fraction of sp³-hybridized carbons (Fsp3) is 0.444. The number of allylic oxidation sites excluding steroid dienone is 5. The molecule has 0 aliphatic heterocycles. The lowest BCUT2D eigenvalue weighted by Crippen LogP contribution is -2.33. The molecule has 0 aliphatic carbocycles. The van der Waals surface area contributed by atoms with Crippen molar-refractivity contribution in [2.75, 3.05) is 0 Å². The second kappa shape index (κ2) is 11.0. The standard InChI is InChI=1S/C27H38N2/c1-7-13-25(14-8-2)27(17-9-3,18-10-4)26-28-19-20-29(26)23(6)21-24-16-12-11-15-22(24)5/h7-8,11-16,19-20,23H,1,9-10,17-18,21H2,2-6H3/b14-8-,25-13+. The average Bonchev–Trinajstić information content (AvgIpc) is 3.20. The number of nitrogens with zero attached hydrogens (tertiary/aromatic N) is 2. The van der Waals surface area contributed by atoms with Crippen LogP contribution in [0.4, 0.5) is 0 Å². The summed E-state index contributed by atoms with van der Waals surface area (Å²) in [5.74, 6) is 1.19. The fourth-order valence-electron chi connectivity index (χ4n) is 4.60. The average molecular weight is 391 g/mol. The molecule has 0 radical (unpaired) electrons. The Balaban J connectivity index is 2.56. The van der Waals surface area contributed by atoms with Crippen LogP contribution < -0.4 is 0 Å². The summed E-state index contributed by atoms with van der Waals surface area (Å²) in [5.41, 5.74) is 3.99. The molecule has 1 atom stereocenters. The number of aryl methyl sites for hydroxylation is 1. The van der Waals surface area contributed by atoms with Crippen molar-refractivity contribution in [3.05, 3.63) is 90.1 Å². The molecule has 2 nitrogen and oxygen atoms in total. The summed E-state index contributed by atoms with van der Waals surface area (Å²) in [7, 11) is 0. The van der Waals surface area contributed by atoms with Crippen molar-refractivity contribution in [1.29, 1.82) is 0 Å². The number of hydrogen-bond donors (Lipinski definition) is 0. The molecule has 2 aromatic rings. The number of rotatable bonds is 11. The second-order valence-electron chi connectivity index (χ2n) is 8.08. The van der Waals surface area contributed by atoms with Gasteiger partial charge in [-0.15, -0.1) is 0 Å². The lowest BCUT2D eigenvalue weighted by Gasteiger charge is -2.36. The first-order chi connectivity index (χ1) is 14.0. The maximum Gasteiger partial charge on any atom is 0.119 e. The predicted octanol–water partition coefficient (Wildman–Crippen LogP) is 7.52. The third kappa shape index (κ3) is 5.18. The molecule has 156 valence electrons. The van der Waals surface area contributed by atoms with E-state index in [2.05, 4.69) is 94.5 Å². The van der Waals surface area contributed by atoms with Gasteiger partial charge in [-0.2, -0.15) is 0 Å². The highest BCUT2D eigenvalue weighted by molar-refractivity contribution is 5.39. The van der Waals surface area contributed by atoms with Crippen molar-refractivity contribution in [2.45, 2.75) is 78.2 Å². The van der Waals surface area contributed by atoms with Crippen LogP contribution in [-0.4, -0.2) is 9.55 Å². The minimum absolute atomic E-state index is 0.0896. The molecule has 0 N–H and O–H groups in total. The van der Waals surface area contributed by atoms with E-state index in [-0.39, 0.29) is 5.41 Å². The topological polar surface area (TPSA) is 17.8 Å². The van der Waals surface area contributed by atoms with Gasteiger partial charge in [0.1, 0.15) is 5.82 Å². The van der Waals surface area contributed by atoms with Crippen LogP contribution >= 0.6 is 0 Å². The predicted molar refractivity (Wildman–Crippen MR) is 126 cm³/mol. The molecule has 0 amide bonds. The highest BCUT2D eigenvalue weighted by Gasteiger charge is 2.37. The largest absolute Gasteiger partial charge is 0.331 e. The molecule has 0 bridgehead atoms. The SMILES string of the molecule is C=C/C=C(\C=C/C)C(CCC)(CCC)c1nccn1C(C)Cc1ccccc1C. The van der Waals surface area contributed by atoms with Gasteiger partial charge in [0.15, 0.2) is 0 Å². The van der Waals surface area contributed by atoms with Gasteiger partial charge >= 0.3 is 0 Å². The quantitative estimate of drug-likeness (QED) is 0.363. The lowest BCUT2D eigenvalue weighted by molar-refractivity contribution is 0.368. The van der Waals surface area contributed by atoms with Crippen LogP contribution in [0.5, 0.6) is 0 Å². The highest BCUT2D eigenvalue weighted by Crippen LogP contribution is 2.42. The molecule has 1 heterocycles. The molecule has 0 aliphatic rings. The van der Waals surface area contributed by atoms with Gasteiger partial charge in [-0.05, 0) is 56.7 Å².